The van der Waals surface area contributed by atoms with Gasteiger partial charge in [-0.15, -0.1) is 0 Å². The Hall–Kier alpha value is -3.28. The van der Waals surface area contributed by atoms with Gasteiger partial charge in [-0.2, -0.15) is 0 Å². The average molecular weight is 423 g/mol. The van der Waals surface area contributed by atoms with Crippen LogP contribution in [0.5, 0.6) is 11.5 Å². The molecule has 0 radical (unpaired) electrons. The van der Waals surface area contributed by atoms with Gasteiger partial charge < -0.3 is 19.4 Å². The number of halogens is 1. The third-order valence-corrected chi connectivity index (χ3v) is 5.95. The van der Waals surface area contributed by atoms with Gasteiger partial charge in [0.15, 0.2) is 11.5 Å². The molecule has 1 aliphatic carbocycles. The van der Waals surface area contributed by atoms with E-state index in [0.717, 1.165) is 36.8 Å². The first-order valence-corrected chi connectivity index (χ1v) is 10.5. The van der Waals surface area contributed by atoms with Gasteiger partial charge >= 0.3 is 0 Å². The lowest BCUT2D eigenvalue weighted by molar-refractivity contribution is 0.101. The zero-order valence-corrected chi connectivity index (χ0v) is 18.1. The number of nitrogens with zero attached hydrogens (tertiary/aromatic N) is 1. The van der Waals surface area contributed by atoms with Crippen molar-refractivity contribution in [3.05, 3.63) is 76.4 Å². The van der Waals surface area contributed by atoms with E-state index in [1.165, 1.54) is 23.4 Å². The van der Waals surface area contributed by atoms with E-state index in [2.05, 4.69) is 9.88 Å². The molecule has 1 amide bonds. The van der Waals surface area contributed by atoms with Gasteiger partial charge in [0.1, 0.15) is 11.5 Å². The lowest BCUT2D eigenvalue weighted by atomic mass is 9.95. The van der Waals surface area contributed by atoms with Crippen LogP contribution in [-0.4, -0.2) is 24.7 Å². The summed E-state index contributed by atoms with van der Waals surface area (Å²) in [4.78, 5) is 13.4. The highest BCUT2D eigenvalue weighted by Crippen LogP contribution is 2.33. The monoisotopic (exact) mass is 422 g/mol. The first-order chi connectivity index (χ1) is 15.0. The van der Waals surface area contributed by atoms with E-state index in [1.807, 2.05) is 6.92 Å². The first-order valence-electron chi connectivity index (χ1n) is 10.5. The van der Waals surface area contributed by atoms with Crippen molar-refractivity contribution in [2.45, 2.75) is 39.2 Å². The number of nitrogens with one attached hydrogen (secondary N) is 1. The number of benzene rings is 2. The lowest BCUT2D eigenvalue weighted by Crippen LogP contribution is -2.20. The summed E-state index contributed by atoms with van der Waals surface area (Å²) in [6.45, 7) is 2.56. The molecule has 0 saturated heterocycles. The molecule has 1 aliphatic rings. The van der Waals surface area contributed by atoms with E-state index in [9.17, 15) is 9.18 Å². The summed E-state index contributed by atoms with van der Waals surface area (Å²) in [5.74, 6) is 0.729. The number of anilines is 1. The van der Waals surface area contributed by atoms with Gasteiger partial charge in [0.05, 0.1) is 14.2 Å². The highest BCUT2D eigenvalue weighted by Gasteiger charge is 2.26. The van der Waals surface area contributed by atoms with Crippen molar-refractivity contribution in [2.75, 3.05) is 19.5 Å². The minimum Gasteiger partial charge on any atom is -0.493 e. The Morgan fingerprint density at radius 1 is 1.03 bits per heavy atom. The van der Waals surface area contributed by atoms with Crippen LogP contribution in [0.15, 0.2) is 42.5 Å². The third-order valence-electron chi connectivity index (χ3n) is 5.95. The number of hydrogen-bond acceptors (Lipinski definition) is 3. The predicted octanol–water partition coefficient (Wildman–Crippen LogP) is 5.13. The van der Waals surface area contributed by atoms with Gasteiger partial charge in [-0.3, -0.25) is 4.79 Å². The summed E-state index contributed by atoms with van der Waals surface area (Å²) in [7, 11) is 3.14. The number of aromatic nitrogens is 1. The quantitative estimate of drug-likeness (QED) is 0.599. The Morgan fingerprint density at radius 2 is 1.74 bits per heavy atom. The van der Waals surface area contributed by atoms with Crippen LogP contribution in [-0.2, 0) is 19.4 Å². The summed E-state index contributed by atoms with van der Waals surface area (Å²) < 4.78 is 26.1. The van der Waals surface area contributed by atoms with Crippen molar-refractivity contribution in [3.8, 4) is 11.5 Å². The Bertz CT molecular complexity index is 1100. The van der Waals surface area contributed by atoms with Crippen LogP contribution < -0.4 is 14.8 Å². The van der Waals surface area contributed by atoms with Crippen LogP contribution >= 0.6 is 0 Å². The second-order valence-corrected chi connectivity index (χ2v) is 7.84. The smallest absolute Gasteiger partial charge is 0.272 e. The number of fused-ring (bicyclic) bond motifs is 1. The highest BCUT2D eigenvalue weighted by atomic mass is 19.1. The fourth-order valence-electron chi connectivity index (χ4n) is 4.42. The maximum absolute atomic E-state index is 13.4. The first kappa shape index (κ1) is 21.0. The number of methoxy groups -OCH3 is 2. The maximum atomic E-state index is 13.4. The molecule has 1 heterocycles. The van der Waals surface area contributed by atoms with Crippen LogP contribution in [0.2, 0.25) is 0 Å². The molecule has 5 nitrogen and oxygen atoms in total. The molecule has 0 aliphatic heterocycles. The van der Waals surface area contributed by atoms with E-state index in [4.69, 9.17) is 9.47 Å². The second kappa shape index (κ2) is 8.84. The number of hydrogen-bond donors (Lipinski definition) is 1. The molecule has 4 rings (SSSR count). The van der Waals surface area contributed by atoms with Crippen molar-refractivity contribution < 1.29 is 18.7 Å². The van der Waals surface area contributed by atoms with Gasteiger partial charge in [-0.05, 0) is 73.6 Å². The SMILES string of the molecule is COc1ccc(NC(=O)c2c(C)c3c(n2Cc2ccc(F)cc2)CCCC3)cc1OC. The molecule has 1 N–H and O–H groups in total. The molecule has 162 valence electrons. The van der Waals surface area contributed by atoms with Gasteiger partial charge in [-0.25, -0.2) is 4.39 Å². The Labute approximate surface area is 181 Å². The van der Waals surface area contributed by atoms with Crippen LogP contribution in [0, 0.1) is 12.7 Å². The number of ether oxygens (including phenoxy) is 2. The third kappa shape index (κ3) is 4.15. The van der Waals surface area contributed by atoms with Gasteiger partial charge in [0.25, 0.3) is 5.91 Å². The van der Waals surface area contributed by atoms with E-state index in [0.29, 0.717) is 29.4 Å². The van der Waals surface area contributed by atoms with Crippen molar-refractivity contribution in [1.29, 1.82) is 0 Å². The topological polar surface area (TPSA) is 52.5 Å². The number of carbonyl (C=O) groups is 1. The minimum absolute atomic E-state index is 0.166. The standard InChI is InChI=1S/C25H27FN2O3/c1-16-20-6-4-5-7-21(20)28(15-17-8-10-18(26)11-9-17)24(16)25(29)27-19-12-13-22(30-2)23(14-19)31-3/h8-14H,4-7,15H2,1-3H3,(H,27,29). The molecule has 31 heavy (non-hydrogen) atoms. The average Bonchev–Trinajstić information content (AvgIpc) is 3.07. The van der Waals surface area contributed by atoms with Crippen molar-refractivity contribution in [1.82, 2.24) is 4.57 Å². The molecule has 6 heteroatoms. The van der Waals surface area contributed by atoms with E-state index in [-0.39, 0.29) is 11.7 Å². The normalized spacial score (nSPS) is 12.9. The number of carbonyl (C=O) groups excluding carboxylic acids is 1. The summed E-state index contributed by atoms with van der Waals surface area (Å²) >= 11 is 0. The maximum Gasteiger partial charge on any atom is 0.272 e. The van der Waals surface area contributed by atoms with Gasteiger partial charge in [0, 0.05) is 24.0 Å². The fraction of sp³-hybridized carbons (Fsp3) is 0.320. The molecule has 0 atom stereocenters. The summed E-state index contributed by atoms with van der Waals surface area (Å²) in [6.07, 6.45) is 4.16. The number of amides is 1. The van der Waals surface area contributed by atoms with E-state index in [1.54, 1.807) is 44.6 Å². The Kier molecular flexibility index (Phi) is 5.98. The van der Waals surface area contributed by atoms with Crippen molar-refractivity contribution in [3.63, 3.8) is 0 Å². The summed E-state index contributed by atoms with van der Waals surface area (Å²) in [5, 5.41) is 3.01. The molecule has 2 aromatic carbocycles. The summed E-state index contributed by atoms with van der Waals surface area (Å²) in [5.41, 5.74) is 5.76. The molecule has 0 spiro atoms. The highest BCUT2D eigenvalue weighted by molar-refractivity contribution is 6.05. The van der Waals surface area contributed by atoms with Gasteiger partial charge in [0.2, 0.25) is 0 Å². The summed E-state index contributed by atoms with van der Waals surface area (Å²) in [6, 6.07) is 11.8. The molecule has 0 unspecified atom stereocenters. The predicted molar refractivity (Wildman–Crippen MR) is 119 cm³/mol. The molecule has 1 aromatic heterocycles. The Balaban J connectivity index is 1.70. The lowest BCUT2D eigenvalue weighted by Gasteiger charge is -2.17. The minimum atomic E-state index is -0.263. The van der Waals surface area contributed by atoms with E-state index >= 15 is 0 Å². The zero-order chi connectivity index (χ0) is 22.0. The fourth-order valence-corrected chi connectivity index (χ4v) is 4.42. The number of rotatable bonds is 6. The van der Waals surface area contributed by atoms with Gasteiger partial charge in [-0.1, -0.05) is 12.1 Å². The molecular weight excluding hydrogens is 395 g/mol. The molecule has 0 fully saturated rings. The Morgan fingerprint density at radius 3 is 2.45 bits per heavy atom. The molecule has 0 saturated carbocycles. The molecule has 3 aromatic rings. The van der Waals surface area contributed by atoms with Crippen LogP contribution in [0.4, 0.5) is 10.1 Å². The van der Waals surface area contributed by atoms with Crippen molar-refractivity contribution in [2.24, 2.45) is 0 Å². The van der Waals surface area contributed by atoms with Crippen molar-refractivity contribution >= 4 is 11.6 Å². The molecule has 0 bridgehead atoms. The van der Waals surface area contributed by atoms with Crippen LogP contribution in [0.25, 0.3) is 0 Å². The van der Waals surface area contributed by atoms with Crippen LogP contribution in [0.3, 0.4) is 0 Å². The van der Waals surface area contributed by atoms with Crippen LogP contribution in [0.1, 0.15) is 45.7 Å². The zero-order valence-electron chi connectivity index (χ0n) is 18.1. The second-order valence-electron chi connectivity index (χ2n) is 7.84. The van der Waals surface area contributed by atoms with E-state index < -0.39 is 0 Å². The molecular formula is C25H27FN2O3. The largest absolute Gasteiger partial charge is 0.493 e.